The number of aryl methyl sites for hydroxylation is 1. The molecule has 218 valence electrons. The van der Waals surface area contributed by atoms with Crippen LogP contribution >= 0.6 is 0 Å². The topological polar surface area (TPSA) is 131 Å². The van der Waals surface area contributed by atoms with Crippen LogP contribution in [-0.2, 0) is 29.4 Å². The fourth-order valence-electron chi connectivity index (χ4n) is 4.58. The molecule has 0 saturated carbocycles. The Morgan fingerprint density at radius 1 is 0.976 bits per heavy atom. The number of hydrogen-bond acceptors (Lipinski definition) is 7. The first-order valence-electron chi connectivity index (χ1n) is 13.2. The van der Waals surface area contributed by atoms with Crippen LogP contribution in [0.1, 0.15) is 36.6 Å². The lowest BCUT2D eigenvalue weighted by molar-refractivity contribution is -0.142. The highest BCUT2D eigenvalue weighted by Gasteiger charge is 2.33. The van der Waals surface area contributed by atoms with E-state index >= 15 is 0 Å². The van der Waals surface area contributed by atoms with Gasteiger partial charge < -0.3 is 0 Å². The van der Waals surface area contributed by atoms with Crippen molar-refractivity contribution in [3.05, 3.63) is 89.7 Å². The van der Waals surface area contributed by atoms with E-state index in [9.17, 15) is 21.6 Å². The average Bonchev–Trinajstić information content (AvgIpc) is 3.61. The van der Waals surface area contributed by atoms with Crippen LogP contribution < -0.4 is 4.72 Å². The summed E-state index contributed by atoms with van der Waals surface area (Å²) < 4.78 is 70.1. The molecule has 14 heteroatoms. The minimum atomic E-state index is -4.62. The van der Waals surface area contributed by atoms with E-state index < -0.39 is 22.7 Å². The maximum absolute atomic E-state index is 13.6. The lowest BCUT2D eigenvalue weighted by Crippen LogP contribution is -2.23. The second-order valence-corrected chi connectivity index (χ2v) is 11.2. The molecule has 5 rings (SSSR count). The molecule has 42 heavy (non-hydrogen) atoms. The summed E-state index contributed by atoms with van der Waals surface area (Å²) >= 11 is 0. The minimum absolute atomic E-state index is 0.156. The third-order valence-corrected chi connectivity index (χ3v) is 7.79. The predicted molar refractivity (Wildman–Crippen MR) is 150 cm³/mol. The Kier molecular flexibility index (Phi) is 8.34. The highest BCUT2D eigenvalue weighted by molar-refractivity contribution is 7.92. The molecule has 0 amide bonds. The lowest BCUT2D eigenvalue weighted by Gasteiger charge is -2.14. The number of nitrogens with one attached hydrogen (secondary N) is 2. The molecule has 0 aliphatic heterocycles. The Morgan fingerprint density at radius 2 is 1.71 bits per heavy atom. The van der Waals surface area contributed by atoms with Crippen molar-refractivity contribution in [3.8, 4) is 22.5 Å². The molecule has 5 aromatic rings. The molecular formula is C28H27F3N8O2S. The van der Waals surface area contributed by atoms with Crippen LogP contribution in [0.4, 0.5) is 19.0 Å². The Balaban J connectivity index is 1.53. The zero-order valence-corrected chi connectivity index (χ0v) is 23.3. The number of anilines is 1. The molecule has 3 aromatic heterocycles. The third kappa shape index (κ3) is 6.65. The first-order valence-corrected chi connectivity index (χ1v) is 14.6. The van der Waals surface area contributed by atoms with E-state index in [4.69, 9.17) is 0 Å². The van der Waals surface area contributed by atoms with Gasteiger partial charge in [0.1, 0.15) is 12.4 Å². The summed E-state index contributed by atoms with van der Waals surface area (Å²) in [6.07, 6.45) is -1.31. The standard InChI is InChI=1S/C28H27F3N8O2S/c1-2-3-10-24-23(27(39(35-24)18-28(29,30)31)36-42(40,41)25-11-6-7-16-32-25)17-19-12-14-20(15-13-19)21-8-4-5-9-22(21)26-33-37-38-34-26/h4-9,11-16,36H,2-3,10,17-18H2,1H3,(H,33,34,37,38). The number of alkyl halides is 3. The molecule has 0 atom stereocenters. The second-order valence-electron chi connectivity index (χ2n) is 9.58. The molecular weight excluding hydrogens is 569 g/mol. The zero-order valence-electron chi connectivity index (χ0n) is 22.5. The molecule has 0 bridgehead atoms. The zero-order chi connectivity index (χ0) is 29.7. The summed E-state index contributed by atoms with van der Waals surface area (Å²) in [5.41, 5.74) is 4.07. The van der Waals surface area contributed by atoms with E-state index in [-0.39, 0.29) is 17.3 Å². The molecule has 2 N–H and O–H groups in total. The fourth-order valence-corrected chi connectivity index (χ4v) is 5.62. The van der Waals surface area contributed by atoms with Crippen LogP contribution in [0.3, 0.4) is 0 Å². The third-order valence-electron chi connectivity index (χ3n) is 6.53. The molecule has 0 fully saturated rings. The summed E-state index contributed by atoms with van der Waals surface area (Å²) in [6.45, 7) is 0.514. The largest absolute Gasteiger partial charge is 0.408 e. The number of tetrazole rings is 1. The van der Waals surface area contributed by atoms with Crippen LogP contribution in [0.25, 0.3) is 22.5 Å². The number of aromatic nitrogens is 7. The van der Waals surface area contributed by atoms with Crippen LogP contribution in [-0.4, -0.2) is 50.0 Å². The highest BCUT2D eigenvalue weighted by Crippen LogP contribution is 2.32. The van der Waals surface area contributed by atoms with Gasteiger partial charge in [-0.05, 0) is 46.9 Å². The van der Waals surface area contributed by atoms with Crippen molar-refractivity contribution < 1.29 is 21.6 Å². The normalized spacial score (nSPS) is 12.0. The molecule has 0 saturated heterocycles. The van der Waals surface area contributed by atoms with Gasteiger partial charge in [-0.2, -0.15) is 31.9 Å². The summed E-state index contributed by atoms with van der Waals surface area (Å²) in [7, 11) is -4.29. The molecule has 3 heterocycles. The van der Waals surface area contributed by atoms with Gasteiger partial charge in [0, 0.05) is 23.7 Å². The number of benzene rings is 2. The first-order chi connectivity index (χ1) is 20.1. The highest BCUT2D eigenvalue weighted by atomic mass is 32.2. The molecule has 2 aromatic carbocycles. The number of sulfonamides is 1. The first kappa shape index (κ1) is 28.9. The number of unbranched alkanes of at least 4 members (excludes halogenated alkanes) is 1. The quantitative estimate of drug-likeness (QED) is 0.208. The van der Waals surface area contributed by atoms with Gasteiger partial charge in [-0.1, -0.05) is 67.9 Å². The van der Waals surface area contributed by atoms with Crippen LogP contribution in [0, 0.1) is 0 Å². The number of nitrogens with zero attached hydrogens (tertiary/aromatic N) is 6. The van der Waals surface area contributed by atoms with Gasteiger partial charge in [-0.25, -0.2) is 9.67 Å². The summed E-state index contributed by atoms with van der Waals surface area (Å²) in [5, 5.41) is 18.2. The second kappa shape index (κ2) is 12.1. The fraction of sp³-hybridized carbons (Fsp3) is 0.250. The predicted octanol–water partition coefficient (Wildman–Crippen LogP) is 5.42. The maximum Gasteiger partial charge on any atom is 0.408 e. The van der Waals surface area contributed by atoms with Crippen molar-refractivity contribution in [2.75, 3.05) is 4.72 Å². The van der Waals surface area contributed by atoms with E-state index in [1.807, 2.05) is 55.5 Å². The number of pyridine rings is 1. The number of hydrogen-bond donors (Lipinski definition) is 2. The van der Waals surface area contributed by atoms with Gasteiger partial charge >= 0.3 is 6.18 Å². The van der Waals surface area contributed by atoms with E-state index in [0.29, 0.717) is 34.6 Å². The van der Waals surface area contributed by atoms with Crippen LogP contribution in [0.15, 0.2) is 78.0 Å². The SMILES string of the molecule is CCCCc1nn(CC(F)(F)F)c(NS(=O)(=O)c2ccccn2)c1Cc1ccc(-c2ccccc2-c2nn[nH]n2)cc1. The number of H-pyrrole nitrogens is 1. The van der Waals surface area contributed by atoms with E-state index in [1.165, 1.54) is 18.3 Å². The Morgan fingerprint density at radius 3 is 2.36 bits per heavy atom. The van der Waals surface area contributed by atoms with Crippen LogP contribution in [0.5, 0.6) is 0 Å². The maximum atomic E-state index is 13.6. The molecule has 0 aliphatic carbocycles. The smallest absolute Gasteiger partial charge is 0.262 e. The molecule has 0 aliphatic rings. The van der Waals surface area contributed by atoms with E-state index in [2.05, 4.69) is 35.4 Å². The summed E-state index contributed by atoms with van der Waals surface area (Å²) in [6, 6.07) is 19.3. The molecule has 0 spiro atoms. The van der Waals surface area contributed by atoms with Gasteiger partial charge in [0.05, 0.1) is 5.69 Å². The Hall–Kier alpha value is -4.59. The Bertz CT molecular complexity index is 1740. The monoisotopic (exact) mass is 596 g/mol. The molecule has 10 nitrogen and oxygen atoms in total. The van der Waals surface area contributed by atoms with Crippen molar-refractivity contribution in [1.29, 1.82) is 0 Å². The molecule has 0 unspecified atom stereocenters. The number of halogens is 3. The lowest BCUT2D eigenvalue weighted by atomic mass is 9.96. The van der Waals surface area contributed by atoms with Gasteiger partial charge in [0.25, 0.3) is 10.0 Å². The van der Waals surface area contributed by atoms with Gasteiger partial charge in [-0.15, -0.1) is 10.2 Å². The summed E-state index contributed by atoms with van der Waals surface area (Å²) in [4.78, 5) is 3.87. The van der Waals surface area contributed by atoms with Crippen molar-refractivity contribution in [3.63, 3.8) is 0 Å². The van der Waals surface area contributed by atoms with E-state index in [0.717, 1.165) is 28.7 Å². The van der Waals surface area contributed by atoms with Gasteiger partial charge in [-0.3, -0.25) is 4.72 Å². The van der Waals surface area contributed by atoms with Crippen LogP contribution in [0.2, 0.25) is 0 Å². The number of aromatic amines is 1. The number of rotatable bonds is 11. The molecule has 0 radical (unpaired) electrons. The van der Waals surface area contributed by atoms with Crippen molar-refractivity contribution in [2.45, 2.75) is 50.4 Å². The Labute approximate surface area is 240 Å². The van der Waals surface area contributed by atoms with Crippen molar-refractivity contribution in [1.82, 2.24) is 35.4 Å². The van der Waals surface area contributed by atoms with E-state index in [1.54, 1.807) is 6.07 Å². The summed E-state index contributed by atoms with van der Waals surface area (Å²) in [5.74, 6) is 0.216. The average molecular weight is 597 g/mol. The van der Waals surface area contributed by atoms with Gasteiger partial charge in [0.15, 0.2) is 5.03 Å². The van der Waals surface area contributed by atoms with Gasteiger partial charge in [0.2, 0.25) is 5.82 Å². The minimum Gasteiger partial charge on any atom is -0.262 e. The van der Waals surface area contributed by atoms with Crippen molar-refractivity contribution in [2.24, 2.45) is 0 Å². The van der Waals surface area contributed by atoms with Crippen molar-refractivity contribution >= 4 is 15.8 Å².